The standard InChI is InChI=1S/C15H25NO4/c1-18-11-15-5-9-20-13(15)2-6-16(10-15)14(17)12-3-7-19-8-4-12/h12-13H,2-11H2,1H3/t13-,15+/m1/s1. The third-order valence-corrected chi connectivity index (χ3v) is 5.08. The molecular weight excluding hydrogens is 258 g/mol. The highest BCUT2D eigenvalue weighted by atomic mass is 16.5. The Kier molecular flexibility index (Phi) is 4.29. The molecule has 3 rings (SSSR count). The molecule has 3 heterocycles. The Balaban J connectivity index is 1.67. The quantitative estimate of drug-likeness (QED) is 0.777. The Morgan fingerprint density at radius 1 is 1.30 bits per heavy atom. The highest BCUT2D eigenvalue weighted by Crippen LogP contribution is 2.41. The van der Waals surface area contributed by atoms with Crippen molar-refractivity contribution in [3.63, 3.8) is 0 Å². The number of hydrogen-bond donors (Lipinski definition) is 0. The summed E-state index contributed by atoms with van der Waals surface area (Å²) in [6, 6.07) is 0. The Hall–Kier alpha value is -0.650. The molecule has 2 atom stereocenters. The van der Waals surface area contributed by atoms with Gasteiger partial charge in [-0.3, -0.25) is 4.79 Å². The first-order valence-corrected chi connectivity index (χ1v) is 7.72. The van der Waals surface area contributed by atoms with Gasteiger partial charge in [0, 0.05) is 51.4 Å². The SMILES string of the molecule is COC[C@@]12CCO[C@@H]1CCN(C(=O)C1CCOCC1)C2. The van der Waals surface area contributed by atoms with Crippen LogP contribution in [0.5, 0.6) is 0 Å². The minimum Gasteiger partial charge on any atom is -0.384 e. The summed E-state index contributed by atoms with van der Waals surface area (Å²) in [6.07, 6.45) is 3.95. The van der Waals surface area contributed by atoms with Gasteiger partial charge in [-0.25, -0.2) is 0 Å². The molecule has 5 nitrogen and oxygen atoms in total. The molecule has 0 aliphatic carbocycles. The summed E-state index contributed by atoms with van der Waals surface area (Å²) in [5, 5.41) is 0. The van der Waals surface area contributed by atoms with E-state index >= 15 is 0 Å². The lowest BCUT2D eigenvalue weighted by molar-refractivity contribution is -0.146. The molecule has 114 valence electrons. The molecule has 0 aromatic carbocycles. The number of hydrogen-bond acceptors (Lipinski definition) is 4. The highest BCUT2D eigenvalue weighted by molar-refractivity contribution is 5.79. The van der Waals surface area contributed by atoms with Crippen LogP contribution >= 0.6 is 0 Å². The van der Waals surface area contributed by atoms with E-state index in [1.54, 1.807) is 7.11 Å². The summed E-state index contributed by atoms with van der Waals surface area (Å²) in [4.78, 5) is 14.7. The zero-order chi connectivity index (χ0) is 14.0. The first-order chi connectivity index (χ1) is 9.75. The zero-order valence-electron chi connectivity index (χ0n) is 12.3. The van der Waals surface area contributed by atoms with E-state index in [0.717, 1.165) is 58.6 Å². The van der Waals surface area contributed by atoms with Gasteiger partial charge in [-0.05, 0) is 25.7 Å². The second-order valence-electron chi connectivity index (χ2n) is 6.34. The maximum absolute atomic E-state index is 12.7. The van der Waals surface area contributed by atoms with Crippen molar-refractivity contribution < 1.29 is 19.0 Å². The van der Waals surface area contributed by atoms with Gasteiger partial charge in [-0.15, -0.1) is 0 Å². The van der Waals surface area contributed by atoms with Crippen molar-refractivity contribution in [2.24, 2.45) is 11.3 Å². The maximum Gasteiger partial charge on any atom is 0.225 e. The van der Waals surface area contributed by atoms with E-state index in [2.05, 4.69) is 4.90 Å². The first-order valence-electron chi connectivity index (χ1n) is 7.72. The van der Waals surface area contributed by atoms with Crippen molar-refractivity contribution in [1.29, 1.82) is 0 Å². The van der Waals surface area contributed by atoms with E-state index in [9.17, 15) is 4.79 Å². The predicted molar refractivity (Wildman–Crippen MR) is 73.4 cm³/mol. The van der Waals surface area contributed by atoms with Crippen LogP contribution in [0.3, 0.4) is 0 Å². The third kappa shape index (κ3) is 2.59. The second-order valence-corrected chi connectivity index (χ2v) is 6.34. The smallest absolute Gasteiger partial charge is 0.225 e. The minimum absolute atomic E-state index is 0.0217. The average molecular weight is 283 g/mol. The van der Waals surface area contributed by atoms with E-state index in [4.69, 9.17) is 14.2 Å². The lowest BCUT2D eigenvalue weighted by atomic mass is 9.77. The van der Waals surface area contributed by atoms with E-state index in [0.29, 0.717) is 12.5 Å². The molecule has 0 N–H and O–H groups in total. The number of nitrogens with zero attached hydrogens (tertiary/aromatic N) is 1. The zero-order valence-corrected chi connectivity index (χ0v) is 12.3. The van der Waals surface area contributed by atoms with Crippen LogP contribution in [-0.4, -0.2) is 63.5 Å². The number of amides is 1. The largest absolute Gasteiger partial charge is 0.384 e. The topological polar surface area (TPSA) is 48.0 Å². The molecule has 0 aromatic rings. The number of ether oxygens (including phenoxy) is 3. The van der Waals surface area contributed by atoms with Crippen LogP contribution in [0.2, 0.25) is 0 Å². The van der Waals surface area contributed by atoms with Crippen LogP contribution in [0.25, 0.3) is 0 Å². The van der Waals surface area contributed by atoms with Gasteiger partial charge in [0.05, 0.1) is 12.7 Å². The van der Waals surface area contributed by atoms with Gasteiger partial charge >= 0.3 is 0 Å². The van der Waals surface area contributed by atoms with Crippen LogP contribution in [0.1, 0.15) is 25.7 Å². The fraction of sp³-hybridized carbons (Fsp3) is 0.933. The van der Waals surface area contributed by atoms with Crippen molar-refractivity contribution in [2.75, 3.05) is 46.6 Å². The second kappa shape index (κ2) is 6.00. The van der Waals surface area contributed by atoms with Gasteiger partial charge in [0.15, 0.2) is 0 Å². The summed E-state index contributed by atoms with van der Waals surface area (Å²) < 4.78 is 16.6. The lowest BCUT2D eigenvalue weighted by Gasteiger charge is -2.44. The summed E-state index contributed by atoms with van der Waals surface area (Å²) in [6.45, 7) is 4.55. The van der Waals surface area contributed by atoms with Crippen LogP contribution in [0.15, 0.2) is 0 Å². The van der Waals surface area contributed by atoms with Crippen LogP contribution in [0, 0.1) is 11.3 Å². The van der Waals surface area contributed by atoms with Crippen molar-refractivity contribution in [3.8, 4) is 0 Å². The Bertz CT molecular complexity index is 356. The number of rotatable bonds is 3. The van der Waals surface area contributed by atoms with Gasteiger partial charge in [0.2, 0.25) is 5.91 Å². The van der Waals surface area contributed by atoms with E-state index in [1.807, 2.05) is 0 Å². The van der Waals surface area contributed by atoms with Crippen LogP contribution in [0.4, 0.5) is 0 Å². The molecule has 0 radical (unpaired) electrons. The summed E-state index contributed by atoms with van der Waals surface area (Å²) in [5.41, 5.74) is 0.0217. The van der Waals surface area contributed by atoms with Crippen LogP contribution < -0.4 is 0 Å². The maximum atomic E-state index is 12.7. The summed E-state index contributed by atoms with van der Waals surface area (Å²) >= 11 is 0. The first kappa shape index (κ1) is 14.3. The number of likely N-dealkylation sites (tertiary alicyclic amines) is 1. The molecule has 3 aliphatic rings. The normalized spacial score (nSPS) is 35.0. The van der Waals surface area contributed by atoms with Gasteiger partial charge in [0.1, 0.15) is 0 Å². The predicted octanol–water partition coefficient (Wildman–Crippen LogP) is 1.07. The van der Waals surface area contributed by atoms with Gasteiger partial charge < -0.3 is 19.1 Å². The highest BCUT2D eigenvalue weighted by Gasteiger charge is 2.49. The van der Waals surface area contributed by atoms with Crippen LogP contribution in [-0.2, 0) is 19.0 Å². The Labute approximate surface area is 120 Å². The number of carbonyl (C=O) groups is 1. The van der Waals surface area contributed by atoms with E-state index in [-0.39, 0.29) is 17.4 Å². The van der Waals surface area contributed by atoms with Gasteiger partial charge in [-0.1, -0.05) is 0 Å². The molecule has 20 heavy (non-hydrogen) atoms. The van der Waals surface area contributed by atoms with Crippen molar-refractivity contribution >= 4 is 5.91 Å². The van der Waals surface area contributed by atoms with Crippen molar-refractivity contribution in [3.05, 3.63) is 0 Å². The summed E-state index contributed by atoms with van der Waals surface area (Å²) in [5.74, 6) is 0.469. The average Bonchev–Trinajstić information content (AvgIpc) is 2.90. The minimum atomic E-state index is 0.0217. The lowest BCUT2D eigenvalue weighted by Crippen LogP contribution is -2.55. The van der Waals surface area contributed by atoms with Gasteiger partial charge in [0.25, 0.3) is 0 Å². The fourth-order valence-electron chi connectivity index (χ4n) is 3.93. The Morgan fingerprint density at radius 2 is 2.10 bits per heavy atom. The molecule has 3 fully saturated rings. The fourth-order valence-corrected chi connectivity index (χ4v) is 3.93. The molecule has 0 unspecified atom stereocenters. The Morgan fingerprint density at radius 3 is 2.85 bits per heavy atom. The van der Waals surface area contributed by atoms with Crippen molar-refractivity contribution in [2.45, 2.75) is 31.8 Å². The third-order valence-electron chi connectivity index (χ3n) is 5.08. The van der Waals surface area contributed by atoms with Crippen molar-refractivity contribution in [1.82, 2.24) is 4.90 Å². The molecular formula is C15H25NO4. The van der Waals surface area contributed by atoms with Gasteiger partial charge in [-0.2, -0.15) is 0 Å². The molecule has 3 aliphatic heterocycles. The molecule has 0 spiro atoms. The van der Waals surface area contributed by atoms with E-state index < -0.39 is 0 Å². The molecule has 5 heteroatoms. The number of methoxy groups -OCH3 is 1. The molecule has 0 aromatic heterocycles. The van der Waals surface area contributed by atoms with E-state index in [1.165, 1.54) is 0 Å². The molecule has 0 saturated carbocycles. The monoisotopic (exact) mass is 283 g/mol. The molecule has 0 bridgehead atoms. The number of carbonyl (C=O) groups excluding carboxylic acids is 1. The molecule has 1 amide bonds. The summed E-state index contributed by atoms with van der Waals surface area (Å²) in [7, 11) is 1.74. The molecule has 3 saturated heterocycles. The number of fused-ring (bicyclic) bond motifs is 1. The number of piperidine rings is 1.